The number of rotatable bonds is 36. The number of hydrogen-bond acceptors (Lipinski definition) is 13. The molecule has 0 bridgehead atoms. The first-order valence-electron chi connectivity index (χ1n) is 35.9. The number of imidazole rings is 1. The van der Waals surface area contributed by atoms with E-state index in [1.807, 2.05) is 81.7 Å². The third-order valence-electron chi connectivity index (χ3n) is 18.2. The summed E-state index contributed by atoms with van der Waals surface area (Å²) >= 11 is 0. The molecule has 7 aromatic heterocycles. The predicted octanol–water partition coefficient (Wildman–Crippen LogP) is 17.0. The van der Waals surface area contributed by atoms with Gasteiger partial charge in [0.2, 0.25) is 10.0 Å². The van der Waals surface area contributed by atoms with Gasteiger partial charge in [-0.25, -0.2) is 27.6 Å². The molecular formula is C73H114N16O6S. The molecule has 7 heterocycles. The number of hydrogen-bond donors (Lipinski definition) is 1. The van der Waals surface area contributed by atoms with Crippen LogP contribution in [0.15, 0.2) is 48.5 Å². The first-order valence-corrected chi connectivity index (χ1v) is 37.6. The molecule has 96 heavy (non-hydrogen) atoms. The van der Waals surface area contributed by atoms with Gasteiger partial charge in [-0.3, -0.25) is 14.8 Å². The Bertz CT molecular complexity index is 3950. The maximum Gasteiger partial charge on any atom is 0.343 e. The van der Waals surface area contributed by atoms with E-state index in [-0.39, 0.29) is 17.4 Å². The Balaban J connectivity index is 0.000000219. The van der Waals surface area contributed by atoms with Crippen molar-refractivity contribution >= 4 is 44.3 Å². The lowest BCUT2D eigenvalue weighted by Crippen LogP contribution is -2.16. The Morgan fingerprint density at radius 2 is 0.990 bits per heavy atom. The van der Waals surface area contributed by atoms with E-state index < -0.39 is 14.9 Å². The lowest BCUT2D eigenvalue weighted by Gasteiger charge is -2.09. The highest BCUT2D eigenvalue weighted by atomic mass is 32.2. The van der Waals surface area contributed by atoms with E-state index in [4.69, 9.17) is 4.74 Å². The molecule has 1 N–H and O–H groups in total. The van der Waals surface area contributed by atoms with E-state index >= 15 is 0 Å². The van der Waals surface area contributed by atoms with Crippen LogP contribution >= 0.6 is 0 Å². The SMILES string of the molecule is CCCCCCCCCCCCCCCCS(=O)(=O)Nc1ccc(-c2nn(C)c3c(CC)c(C)nn23)cc1.CCCCCCCCCCCCOC(=O)c1c(C)nn2c(CC)nn(C)c12.CCc1c(C)nn2nc(-c3ccc([N+](=O)[O-])cc3)n(C)c12.CCc1nc(C)n(C)c1C. The monoisotopic (exact) mass is 1340 g/mol. The first kappa shape index (κ1) is 77.3. The summed E-state index contributed by atoms with van der Waals surface area (Å²) in [6, 6.07) is 13.8. The molecule has 22 nitrogen and oxygen atoms in total. The van der Waals surface area contributed by atoms with Gasteiger partial charge in [0.1, 0.15) is 11.4 Å². The Kier molecular flexibility index (Phi) is 31.3. The third kappa shape index (κ3) is 21.4. The smallest absolute Gasteiger partial charge is 0.343 e. The average Bonchev–Trinajstić information content (AvgIpc) is 1.63. The van der Waals surface area contributed by atoms with Crippen LogP contribution in [0.2, 0.25) is 0 Å². The molecule has 0 atom stereocenters. The summed E-state index contributed by atoms with van der Waals surface area (Å²) in [7, 11) is 4.40. The lowest BCUT2D eigenvalue weighted by molar-refractivity contribution is -0.384. The summed E-state index contributed by atoms with van der Waals surface area (Å²) in [5, 5.41) is 37.8. The van der Waals surface area contributed by atoms with Crippen molar-refractivity contribution in [2.24, 2.45) is 28.2 Å². The minimum absolute atomic E-state index is 0.0721. The average molecular weight is 1340 g/mol. The molecule has 0 fully saturated rings. The van der Waals surface area contributed by atoms with Crippen LogP contribution < -0.4 is 4.72 Å². The molecule has 0 unspecified atom stereocenters. The highest BCUT2D eigenvalue weighted by molar-refractivity contribution is 7.92. The second kappa shape index (κ2) is 38.9. The molecule has 0 aliphatic heterocycles. The second-order valence-electron chi connectivity index (χ2n) is 25.6. The number of sulfonamides is 1. The molecule has 0 aliphatic rings. The van der Waals surface area contributed by atoms with Crippen molar-refractivity contribution in [2.45, 2.75) is 256 Å². The van der Waals surface area contributed by atoms with Crippen LogP contribution in [0, 0.1) is 44.7 Å². The number of anilines is 1. The van der Waals surface area contributed by atoms with Gasteiger partial charge in [-0.05, 0) is 103 Å². The van der Waals surface area contributed by atoms with Gasteiger partial charge >= 0.3 is 5.97 Å². The maximum atomic E-state index is 12.6. The Labute approximate surface area is 571 Å². The number of non-ortho nitro benzene ring substituents is 1. The topological polar surface area (TPSA) is 239 Å². The number of esters is 1. The zero-order chi connectivity index (χ0) is 69.9. The Hall–Kier alpha value is -7.69. The number of nitrogens with one attached hydrogen (secondary N) is 1. The molecule has 0 aliphatic carbocycles. The van der Waals surface area contributed by atoms with Crippen molar-refractivity contribution in [3.05, 3.63) is 115 Å². The molecule has 528 valence electrons. The molecule has 0 amide bonds. The van der Waals surface area contributed by atoms with Gasteiger partial charge in [0.25, 0.3) is 5.69 Å². The van der Waals surface area contributed by atoms with E-state index in [9.17, 15) is 23.3 Å². The number of nitrogens with zero attached hydrogens (tertiary/aromatic N) is 15. The fourth-order valence-electron chi connectivity index (χ4n) is 12.5. The molecule has 9 rings (SSSR count). The van der Waals surface area contributed by atoms with Crippen LogP contribution in [0.25, 0.3) is 39.7 Å². The van der Waals surface area contributed by atoms with Gasteiger partial charge < -0.3 is 13.9 Å². The number of nitro benzene ring substituents is 1. The second-order valence-corrected chi connectivity index (χ2v) is 27.5. The van der Waals surface area contributed by atoms with Gasteiger partial charge in [0, 0.05) is 80.4 Å². The van der Waals surface area contributed by atoms with E-state index in [1.54, 1.807) is 38.1 Å². The largest absolute Gasteiger partial charge is 0.462 e. The highest BCUT2D eigenvalue weighted by Crippen LogP contribution is 2.28. The standard InChI is InChI=1S/C30H49N5O2S.C21H36N4O2.C14H15N5O2.C8H14N2/c1-5-7-8-9-10-11-12-13-14-15-16-17-18-19-24-38(36,37)33-27-22-20-26(21-23-27)29-32-34(4)30-28(6-2)25(3)31-35(29)30;1-5-7-8-9-10-11-12-13-14-15-16-27-21(26)19-17(3)22-25-18(6-2)23-24(4)20(19)25;1-4-12-9(2)15-18-14(12)17(3)13(16-18)10-5-7-11(8-6-10)19(20)21;1-5-8-6(2)10(4)7(3)9-8/h20-23,33H,5-19,24H2,1-4H3;5-16H2,1-4H3;5-8H,4H2,1-3H3;5H2,1-4H3. The number of fused-ring (bicyclic) bond motifs is 3. The van der Waals surface area contributed by atoms with Gasteiger partial charge in [-0.15, -0.1) is 9.73 Å². The summed E-state index contributed by atoms with van der Waals surface area (Å²) in [5.74, 6) is 3.33. The van der Waals surface area contributed by atoms with Crippen molar-refractivity contribution in [3.8, 4) is 22.8 Å². The summed E-state index contributed by atoms with van der Waals surface area (Å²) in [6.45, 7) is 23.4. The molecule has 2 aromatic carbocycles. The number of benzene rings is 2. The minimum Gasteiger partial charge on any atom is -0.462 e. The molecule has 9 aromatic rings. The number of nitro groups is 1. The van der Waals surface area contributed by atoms with Crippen molar-refractivity contribution in [1.29, 1.82) is 0 Å². The molecule has 0 saturated heterocycles. The van der Waals surface area contributed by atoms with Crippen LogP contribution in [-0.2, 0) is 68.6 Å². The molecule has 0 spiro atoms. The number of carbonyl (C=O) groups is 1. The first-order chi connectivity index (χ1) is 46.1. The van der Waals surface area contributed by atoms with Gasteiger partial charge in [0.15, 0.2) is 34.4 Å². The number of ether oxygens (including phenoxy) is 1. The van der Waals surface area contributed by atoms with Crippen LogP contribution in [0.4, 0.5) is 11.4 Å². The fraction of sp³-hybridized carbons (Fsp3) is 0.616. The Morgan fingerprint density at radius 1 is 0.510 bits per heavy atom. The van der Waals surface area contributed by atoms with Crippen molar-refractivity contribution < 1.29 is 22.9 Å². The third-order valence-corrected chi connectivity index (χ3v) is 19.6. The summed E-state index contributed by atoms with van der Waals surface area (Å²) in [5.41, 5.74) is 13.2. The summed E-state index contributed by atoms with van der Waals surface area (Å²) < 4.78 is 46.4. The van der Waals surface area contributed by atoms with Crippen molar-refractivity contribution in [2.75, 3.05) is 17.1 Å². The van der Waals surface area contributed by atoms with Crippen molar-refractivity contribution in [1.82, 2.24) is 67.7 Å². The van der Waals surface area contributed by atoms with E-state index in [0.717, 1.165) is 120 Å². The number of aromatic nitrogens is 14. The van der Waals surface area contributed by atoms with Crippen LogP contribution in [0.5, 0.6) is 0 Å². The van der Waals surface area contributed by atoms with E-state index in [1.165, 1.54) is 151 Å². The number of unbranched alkanes of at least 4 members (excludes halogenated alkanes) is 22. The summed E-state index contributed by atoms with van der Waals surface area (Å²) in [4.78, 5) is 27.2. The van der Waals surface area contributed by atoms with E-state index in [0.29, 0.717) is 30.0 Å². The Morgan fingerprint density at radius 3 is 1.48 bits per heavy atom. The zero-order valence-electron chi connectivity index (χ0n) is 60.9. The molecule has 0 saturated carbocycles. The van der Waals surface area contributed by atoms with Crippen LogP contribution in [0.3, 0.4) is 0 Å². The fourth-order valence-corrected chi connectivity index (χ4v) is 13.7. The number of carbonyl (C=O) groups excluding carboxylic acids is 1. The minimum atomic E-state index is -3.35. The van der Waals surface area contributed by atoms with E-state index in [2.05, 4.69) is 93.5 Å². The molecule has 0 radical (unpaired) electrons. The van der Waals surface area contributed by atoms with Crippen molar-refractivity contribution in [3.63, 3.8) is 0 Å². The predicted molar refractivity (Wildman–Crippen MR) is 388 cm³/mol. The quantitative estimate of drug-likeness (QED) is 0.0167. The maximum absolute atomic E-state index is 12.6. The van der Waals surface area contributed by atoms with Gasteiger partial charge in [-0.1, -0.05) is 183 Å². The zero-order valence-corrected chi connectivity index (χ0v) is 61.7. The number of aryl methyl sites for hydroxylation is 11. The summed E-state index contributed by atoms with van der Waals surface area (Å²) in [6.07, 6.45) is 33.8. The van der Waals surface area contributed by atoms with Gasteiger partial charge in [-0.2, -0.15) is 34.5 Å². The van der Waals surface area contributed by atoms with Gasteiger partial charge in [0.05, 0.1) is 40.1 Å². The molecule has 23 heteroatoms. The lowest BCUT2D eigenvalue weighted by atomic mass is 10.0. The van der Waals surface area contributed by atoms with Crippen LogP contribution in [-0.4, -0.2) is 99.4 Å². The highest BCUT2D eigenvalue weighted by Gasteiger charge is 2.24. The molecular weight excluding hydrogens is 1230 g/mol. The van der Waals surface area contributed by atoms with Crippen LogP contribution in [0.1, 0.15) is 257 Å². The normalized spacial score (nSPS) is 11.5.